The first-order valence-corrected chi connectivity index (χ1v) is 12.6. The molecule has 12 heteroatoms. The highest BCUT2D eigenvalue weighted by Crippen LogP contribution is 2.57. The van der Waals surface area contributed by atoms with Gasteiger partial charge in [-0.25, -0.2) is 9.18 Å². The van der Waals surface area contributed by atoms with E-state index in [1.165, 1.54) is 13.8 Å². The van der Waals surface area contributed by atoms with Crippen molar-refractivity contribution in [2.45, 2.75) is 89.6 Å². The molecule has 8 nitrogen and oxygen atoms in total. The SMILES string of the molecule is CC(C)(C(=O)OC1C2CC3C(=O)OC1C3C2)C(F)(F)F.CC(C)(F)C(=O)OC1C2CC3C(=O)OC1C3C2. The fourth-order valence-corrected chi connectivity index (χ4v) is 6.78. The highest BCUT2D eigenvalue weighted by Gasteiger charge is 2.65. The van der Waals surface area contributed by atoms with E-state index in [9.17, 15) is 36.7 Å². The molecule has 4 bridgehead atoms. The van der Waals surface area contributed by atoms with Crippen molar-refractivity contribution in [2.75, 3.05) is 0 Å². The van der Waals surface area contributed by atoms with Crippen LogP contribution in [0.2, 0.25) is 0 Å². The van der Waals surface area contributed by atoms with E-state index in [2.05, 4.69) is 0 Å². The fourth-order valence-electron chi connectivity index (χ4n) is 6.78. The van der Waals surface area contributed by atoms with E-state index >= 15 is 0 Å². The van der Waals surface area contributed by atoms with E-state index in [1.807, 2.05) is 0 Å². The van der Waals surface area contributed by atoms with Crippen LogP contribution in [0.4, 0.5) is 17.6 Å². The van der Waals surface area contributed by atoms with E-state index in [4.69, 9.17) is 18.9 Å². The predicted molar refractivity (Wildman–Crippen MR) is 114 cm³/mol. The quantitative estimate of drug-likeness (QED) is 0.308. The molecule has 10 atom stereocenters. The maximum Gasteiger partial charge on any atom is 0.404 e. The standard InChI is InChI=1S/C13H15F3O4.C12H15FO4/c1-12(2,13(14,15)16)11(18)20-8-5-3-6-7(4-5)10(17)19-9(6)8;1-12(2,13)11(15)17-8-5-3-6-7(4-5)10(14)16-9(6)8/h5-9H,3-4H2,1-2H3;5-9H,3-4H2,1-2H3. The highest BCUT2D eigenvalue weighted by molar-refractivity contribution is 5.80. The van der Waals surface area contributed by atoms with E-state index in [0.717, 1.165) is 20.3 Å². The van der Waals surface area contributed by atoms with Gasteiger partial charge in [0.2, 0.25) is 5.67 Å². The lowest BCUT2D eigenvalue weighted by molar-refractivity contribution is -0.231. The maximum absolute atomic E-state index is 13.4. The van der Waals surface area contributed by atoms with Gasteiger partial charge < -0.3 is 18.9 Å². The van der Waals surface area contributed by atoms with Crippen molar-refractivity contribution in [1.29, 1.82) is 0 Å². The number of carbonyl (C=O) groups is 4. The molecule has 0 aromatic carbocycles. The van der Waals surface area contributed by atoms with E-state index in [1.54, 1.807) is 0 Å². The molecule has 4 aliphatic carbocycles. The molecule has 0 amide bonds. The van der Waals surface area contributed by atoms with Gasteiger partial charge in [-0.15, -0.1) is 0 Å². The zero-order valence-corrected chi connectivity index (χ0v) is 20.9. The molecule has 206 valence electrons. The summed E-state index contributed by atoms with van der Waals surface area (Å²) in [5.41, 5.74) is -4.55. The minimum absolute atomic E-state index is 0.000649. The topological polar surface area (TPSA) is 105 Å². The molecule has 6 aliphatic rings. The summed E-state index contributed by atoms with van der Waals surface area (Å²) < 4.78 is 72.5. The van der Waals surface area contributed by atoms with Crippen molar-refractivity contribution in [3.63, 3.8) is 0 Å². The minimum Gasteiger partial charge on any atom is -0.458 e. The predicted octanol–water partition coefficient (Wildman–Crippen LogP) is 3.30. The number of alkyl halides is 4. The first-order valence-electron chi connectivity index (χ1n) is 12.6. The van der Waals surface area contributed by atoms with E-state index < -0.39 is 47.5 Å². The molecule has 6 fully saturated rings. The molecule has 0 radical (unpaired) electrons. The second-order valence-corrected chi connectivity index (χ2v) is 12.1. The smallest absolute Gasteiger partial charge is 0.404 e. The number of hydrogen-bond acceptors (Lipinski definition) is 8. The Morgan fingerprint density at radius 3 is 1.51 bits per heavy atom. The van der Waals surface area contributed by atoms with Gasteiger partial charge >= 0.3 is 30.1 Å². The first kappa shape index (κ1) is 26.2. The van der Waals surface area contributed by atoms with Gasteiger partial charge in [-0.2, -0.15) is 13.2 Å². The summed E-state index contributed by atoms with van der Waals surface area (Å²) in [6.07, 6.45) is -3.93. The second kappa shape index (κ2) is 8.30. The van der Waals surface area contributed by atoms with Crippen molar-refractivity contribution in [3.8, 4) is 0 Å². The van der Waals surface area contributed by atoms with Gasteiger partial charge in [0, 0.05) is 23.7 Å². The average Bonchev–Trinajstić information content (AvgIpc) is 3.57. The van der Waals surface area contributed by atoms with Crippen LogP contribution < -0.4 is 0 Å². The highest BCUT2D eigenvalue weighted by atomic mass is 19.4. The number of rotatable bonds is 4. The van der Waals surface area contributed by atoms with Crippen LogP contribution in [0.15, 0.2) is 0 Å². The number of halogens is 4. The molecule has 10 unspecified atom stereocenters. The van der Waals surface area contributed by atoms with Crippen LogP contribution in [-0.4, -0.2) is 60.1 Å². The number of hydrogen-bond donors (Lipinski definition) is 0. The minimum atomic E-state index is -4.67. The summed E-state index contributed by atoms with van der Waals surface area (Å²) in [4.78, 5) is 46.4. The summed E-state index contributed by atoms with van der Waals surface area (Å²) in [6, 6.07) is 0. The third-order valence-electron chi connectivity index (χ3n) is 9.02. The van der Waals surface area contributed by atoms with Crippen LogP contribution in [-0.2, 0) is 38.1 Å². The van der Waals surface area contributed by atoms with Crippen LogP contribution in [0.5, 0.6) is 0 Å². The third kappa shape index (κ3) is 4.09. The van der Waals surface area contributed by atoms with Crippen LogP contribution in [0.1, 0.15) is 53.4 Å². The van der Waals surface area contributed by atoms with Gasteiger partial charge in [-0.05, 0) is 53.4 Å². The lowest BCUT2D eigenvalue weighted by Crippen LogP contribution is -2.45. The molecule has 0 spiro atoms. The summed E-state index contributed by atoms with van der Waals surface area (Å²) in [6.45, 7) is 3.94. The number of carbonyl (C=O) groups excluding carboxylic acids is 4. The lowest BCUT2D eigenvalue weighted by Gasteiger charge is -2.31. The molecule has 2 heterocycles. The molecule has 0 N–H and O–H groups in total. The maximum atomic E-state index is 13.4. The Morgan fingerprint density at radius 1 is 0.730 bits per heavy atom. The van der Waals surface area contributed by atoms with Gasteiger partial charge in [0.15, 0.2) is 5.41 Å². The second-order valence-electron chi connectivity index (χ2n) is 12.1. The molecule has 6 rings (SSSR count). The van der Waals surface area contributed by atoms with Crippen molar-refractivity contribution in [1.82, 2.24) is 0 Å². The Bertz CT molecular complexity index is 1020. The van der Waals surface area contributed by atoms with E-state index in [0.29, 0.717) is 19.3 Å². The van der Waals surface area contributed by atoms with Gasteiger partial charge in [-0.3, -0.25) is 14.4 Å². The fraction of sp³-hybridized carbons (Fsp3) is 0.840. The summed E-state index contributed by atoms with van der Waals surface area (Å²) >= 11 is 0. The van der Waals surface area contributed by atoms with Crippen LogP contribution in [0.3, 0.4) is 0 Å². The molecule has 4 saturated carbocycles. The Labute approximate surface area is 210 Å². The Kier molecular flexibility index (Phi) is 5.88. The van der Waals surface area contributed by atoms with E-state index in [-0.39, 0.29) is 53.6 Å². The monoisotopic (exact) mass is 534 g/mol. The Morgan fingerprint density at radius 2 is 1.14 bits per heavy atom. The normalized spacial score (nSPS) is 40.8. The number of fused-ring (bicyclic) bond motifs is 2. The molecule has 2 saturated heterocycles. The summed E-state index contributed by atoms with van der Waals surface area (Å²) in [7, 11) is 0. The number of esters is 4. The van der Waals surface area contributed by atoms with Gasteiger partial charge in [-0.1, -0.05) is 0 Å². The van der Waals surface area contributed by atoms with Crippen molar-refractivity contribution < 1.29 is 55.7 Å². The van der Waals surface area contributed by atoms with Crippen molar-refractivity contribution in [3.05, 3.63) is 0 Å². The average molecular weight is 534 g/mol. The third-order valence-corrected chi connectivity index (χ3v) is 9.02. The van der Waals surface area contributed by atoms with Gasteiger partial charge in [0.05, 0.1) is 11.8 Å². The van der Waals surface area contributed by atoms with Gasteiger partial charge in [0.25, 0.3) is 0 Å². The summed E-state index contributed by atoms with van der Waals surface area (Å²) in [5, 5.41) is 0. The molecule has 0 aromatic heterocycles. The van der Waals surface area contributed by atoms with Gasteiger partial charge in [0.1, 0.15) is 24.4 Å². The largest absolute Gasteiger partial charge is 0.458 e. The van der Waals surface area contributed by atoms with Crippen LogP contribution in [0.25, 0.3) is 0 Å². The molecule has 2 aliphatic heterocycles. The van der Waals surface area contributed by atoms with Crippen LogP contribution >= 0.6 is 0 Å². The molecular weight excluding hydrogens is 504 g/mol. The number of ether oxygens (including phenoxy) is 4. The van der Waals surface area contributed by atoms with Crippen molar-refractivity contribution in [2.24, 2.45) is 40.9 Å². The summed E-state index contributed by atoms with van der Waals surface area (Å²) in [5.74, 6) is -2.56. The molecule has 37 heavy (non-hydrogen) atoms. The Balaban J connectivity index is 0.000000153. The lowest BCUT2D eigenvalue weighted by atomic mass is 9.87. The van der Waals surface area contributed by atoms with Crippen molar-refractivity contribution >= 4 is 23.9 Å². The molecular formula is C25H30F4O8. The van der Waals surface area contributed by atoms with Crippen LogP contribution in [0, 0.1) is 40.9 Å². The first-order chi connectivity index (χ1) is 17.0. The molecule has 0 aromatic rings. The zero-order valence-electron chi connectivity index (χ0n) is 20.9. The zero-order chi connectivity index (χ0) is 27.2. The Hall–Kier alpha value is -2.40.